The van der Waals surface area contributed by atoms with Crippen LogP contribution in [-0.2, 0) is 4.79 Å². The van der Waals surface area contributed by atoms with E-state index in [1.54, 1.807) is 0 Å². The summed E-state index contributed by atoms with van der Waals surface area (Å²) in [5.74, 6) is -0.658. The number of alkyl halides is 3. The van der Waals surface area contributed by atoms with Gasteiger partial charge in [0.15, 0.2) is 0 Å². The summed E-state index contributed by atoms with van der Waals surface area (Å²) in [5.41, 5.74) is 5.73. The highest BCUT2D eigenvalue weighted by atomic mass is 19.4. The second kappa shape index (κ2) is 6.08. The Bertz CT molecular complexity index is 229. The van der Waals surface area contributed by atoms with Gasteiger partial charge in [0.1, 0.15) is 6.42 Å². The quantitative estimate of drug-likeness (QED) is 0.796. The van der Waals surface area contributed by atoms with Gasteiger partial charge in [-0.05, 0) is 12.3 Å². The summed E-state index contributed by atoms with van der Waals surface area (Å²) in [5, 5.41) is 0. The maximum Gasteiger partial charge on any atom is 0.397 e. The molecule has 3 nitrogen and oxygen atoms in total. The molecule has 0 aromatic carbocycles. The van der Waals surface area contributed by atoms with Gasteiger partial charge < -0.3 is 10.6 Å². The normalized spacial score (nSPS) is 14.0. The first-order valence-electron chi connectivity index (χ1n) is 5.19. The van der Waals surface area contributed by atoms with E-state index >= 15 is 0 Å². The number of nitrogens with two attached hydrogens (primary N) is 1. The third kappa shape index (κ3) is 6.66. The van der Waals surface area contributed by atoms with Crippen LogP contribution < -0.4 is 5.73 Å². The smallest absolute Gasteiger partial charge is 0.345 e. The fraction of sp³-hybridized carbons (Fsp3) is 0.900. The molecular formula is C10H19F3N2O. The summed E-state index contributed by atoms with van der Waals surface area (Å²) < 4.78 is 35.8. The lowest BCUT2D eigenvalue weighted by atomic mass is 10.0. The van der Waals surface area contributed by atoms with Crippen molar-refractivity contribution in [1.29, 1.82) is 0 Å². The van der Waals surface area contributed by atoms with Crippen molar-refractivity contribution in [2.45, 2.75) is 38.9 Å². The molecule has 0 rings (SSSR count). The lowest BCUT2D eigenvalue weighted by molar-refractivity contribution is -0.160. The maximum atomic E-state index is 11.9. The summed E-state index contributed by atoms with van der Waals surface area (Å²) in [4.78, 5) is 12.2. The van der Waals surface area contributed by atoms with Crippen LogP contribution in [0.25, 0.3) is 0 Å². The average molecular weight is 240 g/mol. The molecule has 1 atom stereocenters. The van der Waals surface area contributed by atoms with E-state index < -0.39 is 18.5 Å². The first-order valence-corrected chi connectivity index (χ1v) is 5.19. The zero-order chi connectivity index (χ0) is 12.9. The highest BCUT2D eigenvalue weighted by Crippen LogP contribution is 2.20. The molecule has 0 saturated heterocycles. The Morgan fingerprint density at radius 3 is 2.25 bits per heavy atom. The second-order valence-electron chi connectivity index (χ2n) is 4.30. The molecule has 0 unspecified atom stereocenters. The van der Waals surface area contributed by atoms with Crippen LogP contribution in [0.1, 0.15) is 26.7 Å². The SMILES string of the molecule is CC(C)[C@@H](N)CCN(C)C(=O)CC(F)(F)F. The van der Waals surface area contributed by atoms with E-state index in [1.807, 2.05) is 13.8 Å². The van der Waals surface area contributed by atoms with Crippen molar-refractivity contribution in [3.63, 3.8) is 0 Å². The molecule has 16 heavy (non-hydrogen) atoms. The Labute approximate surface area is 93.8 Å². The van der Waals surface area contributed by atoms with E-state index in [-0.39, 0.29) is 18.5 Å². The lowest BCUT2D eigenvalue weighted by Gasteiger charge is -2.22. The number of nitrogens with zero attached hydrogens (tertiary/aromatic N) is 1. The van der Waals surface area contributed by atoms with Gasteiger partial charge in [-0.25, -0.2) is 0 Å². The van der Waals surface area contributed by atoms with Crippen LogP contribution in [0.4, 0.5) is 13.2 Å². The molecule has 1 amide bonds. The standard InChI is InChI=1S/C10H19F3N2O/c1-7(2)8(14)4-5-15(3)9(16)6-10(11,12)13/h7-8H,4-6,14H2,1-3H3/t8-/m0/s1. The molecule has 2 N–H and O–H groups in total. The summed E-state index contributed by atoms with van der Waals surface area (Å²) in [7, 11) is 1.36. The van der Waals surface area contributed by atoms with Crippen molar-refractivity contribution in [2.24, 2.45) is 11.7 Å². The van der Waals surface area contributed by atoms with E-state index in [4.69, 9.17) is 5.73 Å². The van der Waals surface area contributed by atoms with Gasteiger partial charge in [0.25, 0.3) is 0 Å². The summed E-state index contributed by atoms with van der Waals surface area (Å²) >= 11 is 0. The van der Waals surface area contributed by atoms with Crippen molar-refractivity contribution in [1.82, 2.24) is 4.90 Å². The van der Waals surface area contributed by atoms with Crippen LogP contribution in [0.2, 0.25) is 0 Å². The molecule has 0 radical (unpaired) electrons. The Morgan fingerprint density at radius 2 is 1.88 bits per heavy atom. The van der Waals surface area contributed by atoms with Crippen LogP contribution in [0.3, 0.4) is 0 Å². The molecule has 0 aliphatic rings. The van der Waals surface area contributed by atoms with Crippen molar-refractivity contribution < 1.29 is 18.0 Å². The Balaban J connectivity index is 3.98. The maximum absolute atomic E-state index is 11.9. The number of hydrogen-bond donors (Lipinski definition) is 1. The fourth-order valence-electron chi connectivity index (χ4n) is 1.11. The first-order chi connectivity index (χ1) is 7.13. The van der Waals surface area contributed by atoms with Gasteiger partial charge in [0.05, 0.1) is 0 Å². The summed E-state index contributed by atoms with van der Waals surface area (Å²) in [6.45, 7) is 4.12. The number of hydrogen-bond acceptors (Lipinski definition) is 2. The van der Waals surface area contributed by atoms with Crippen molar-refractivity contribution in [3.05, 3.63) is 0 Å². The third-order valence-electron chi connectivity index (χ3n) is 2.43. The largest absolute Gasteiger partial charge is 0.397 e. The number of rotatable bonds is 5. The molecule has 0 aliphatic heterocycles. The number of halogens is 3. The van der Waals surface area contributed by atoms with Gasteiger partial charge in [-0.15, -0.1) is 0 Å². The van der Waals surface area contributed by atoms with Crippen molar-refractivity contribution in [3.8, 4) is 0 Å². The van der Waals surface area contributed by atoms with Gasteiger partial charge in [0, 0.05) is 19.6 Å². The lowest BCUT2D eigenvalue weighted by Crippen LogP contribution is -2.36. The molecule has 0 bridgehead atoms. The number of amides is 1. The molecule has 6 heteroatoms. The van der Waals surface area contributed by atoms with Gasteiger partial charge in [-0.1, -0.05) is 13.8 Å². The summed E-state index contributed by atoms with van der Waals surface area (Å²) in [6.07, 6.45) is -5.33. The third-order valence-corrected chi connectivity index (χ3v) is 2.43. The van der Waals surface area contributed by atoms with Crippen LogP contribution in [0, 0.1) is 5.92 Å². The Hall–Kier alpha value is -0.780. The molecule has 0 aromatic heterocycles. The molecule has 96 valence electrons. The zero-order valence-electron chi connectivity index (χ0n) is 9.84. The van der Waals surface area contributed by atoms with Crippen LogP contribution in [0.5, 0.6) is 0 Å². The van der Waals surface area contributed by atoms with E-state index in [9.17, 15) is 18.0 Å². The fourth-order valence-corrected chi connectivity index (χ4v) is 1.11. The minimum absolute atomic E-state index is 0.0962. The molecule has 0 aromatic rings. The molecule has 0 saturated carbocycles. The van der Waals surface area contributed by atoms with Crippen LogP contribution in [0.15, 0.2) is 0 Å². The van der Waals surface area contributed by atoms with E-state index in [0.29, 0.717) is 6.42 Å². The second-order valence-corrected chi connectivity index (χ2v) is 4.30. The predicted octanol–water partition coefficient (Wildman–Crippen LogP) is 1.77. The Morgan fingerprint density at radius 1 is 1.38 bits per heavy atom. The summed E-state index contributed by atoms with van der Waals surface area (Å²) in [6, 6.07) is -0.0962. The van der Waals surface area contributed by atoms with Gasteiger partial charge in [0.2, 0.25) is 5.91 Å². The molecule has 0 spiro atoms. The Kier molecular flexibility index (Phi) is 5.78. The molecular weight excluding hydrogens is 221 g/mol. The topological polar surface area (TPSA) is 46.3 Å². The minimum Gasteiger partial charge on any atom is -0.345 e. The number of carbonyl (C=O) groups is 1. The first kappa shape index (κ1) is 15.2. The van der Waals surface area contributed by atoms with Crippen molar-refractivity contribution in [2.75, 3.05) is 13.6 Å². The highest BCUT2D eigenvalue weighted by molar-refractivity contribution is 5.76. The van der Waals surface area contributed by atoms with Gasteiger partial charge >= 0.3 is 6.18 Å². The van der Waals surface area contributed by atoms with E-state index in [2.05, 4.69) is 0 Å². The van der Waals surface area contributed by atoms with Crippen molar-refractivity contribution >= 4 is 5.91 Å². The predicted molar refractivity (Wildman–Crippen MR) is 55.7 cm³/mol. The van der Waals surface area contributed by atoms with Gasteiger partial charge in [-0.3, -0.25) is 4.79 Å². The zero-order valence-corrected chi connectivity index (χ0v) is 9.84. The van der Waals surface area contributed by atoms with E-state index in [1.165, 1.54) is 7.05 Å². The highest BCUT2D eigenvalue weighted by Gasteiger charge is 2.32. The number of carbonyl (C=O) groups excluding carboxylic acids is 1. The minimum atomic E-state index is -4.44. The molecule has 0 heterocycles. The average Bonchev–Trinajstić information content (AvgIpc) is 2.10. The van der Waals surface area contributed by atoms with Crippen LogP contribution in [-0.4, -0.2) is 36.6 Å². The molecule has 0 fully saturated rings. The van der Waals surface area contributed by atoms with E-state index in [0.717, 1.165) is 4.90 Å². The van der Waals surface area contributed by atoms with Gasteiger partial charge in [-0.2, -0.15) is 13.2 Å². The monoisotopic (exact) mass is 240 g/mol. The van der Waals surface area contributed by atoms with Crippen LogP contribution >= 0.6 is 0 Å². The molecule has 0 aliphatic carbocycles.